The van der Waals surface area contributed by atoms with E-state index in [9.17, 15) is 9.59 Å². The highest BCUT2D eigenvalue weighted by molar-refractivity contribution is 5.96. The van der Waals surface area contributed by atoms with Gasteiger partial charge in [-0.15, -0.1) is 0 Å². The minimum Gasteiger partial charge on any atom is -0.338 e. The molecule has 0 aromatic heterocycles. The van der Waals surface area contributed by atoms with E-state index >= 15 is 0 Å². The Kier molecular flexibility index (Phi) is 9.22. The topological polar surface area (TPSA) is 73.5 Å². The third-order valence-corrected chi connectivity index (χ3v) is 2.45. The molecule has 0 aliphatic carbocycles. The molecule has 0 aliphatic rings. The van der Waals surface area contributed by atoms with Crippen LogP contribution >= 0.6 is 0 Å². The van der Waals surface area contributed by atoms with Crippen LogP contribution in [-0.2, 0) is 4.79 Å². The summed E-state index contributed by atoms with van der Waals surface area (Å²) in [5.74, 6) is -0.298. The third-order valence-electron chi connectivity index (χ3n) is 2.45. The Hall–Kier alpha value is -1.14. The second kappa shape index (κ2) is 9.85. The lowest BCUT2D eigenvalue weighted by atomic mass is 10.2. The Morgan fingerprint density at radius 3 is 2.44 bits per heavy atom. The molecule has 3 N–H and O–H groups in total. The van der Waals surface area contributed by atoms with Crippen LogP contribution in [0.15, 0.2) is 0 Å². The van der Waals surface area contributed by atoms with Gasteiger partial charge in [-0.25, -0.2) is 4.79 Å². The van der Waals surface area contributed by atoms with Gasteiger partial charge >= 0.3 is 6.03 Å². The lowest BCUT2D eigenvalue weighted by Gasteiger charge is -2.14. The number of hydrogen-bond donors (Lipinski definition) is 3. The predicted molar refractivity (Wildman–Crippen MR) is 72.5 cm³/mol. The van der Waals surface area contributed by atoms with Crippen LogP contribution in [-0.4, -0.2) is 56.6 Å². The van der Waals surface area contributed by atoms with Crippen LogP contribution in [0.1, 0.15) is 26.7 Å². The molecule has 0 spiro atoms. The highest BCUT2D eigenvalue weighted by atomic mass is 16.2. The SMILES string of the molecule is CCNC(=O)NC(=O)C(C)NCCCCN(C)C. The maximum atomic E-state index is 11.6. The van der Waals surface area contributed by atoms with Crippen LogP contribution < -0.4 is 16.0 Å². The summed E-state index contributed by atoms with van der Waals surface area (Å²) in [5, 5.41) is 7.89. The molecule has 6 heteroatoms. The normalized spacial score (nSPS) is 12.3. The summed E-state index contributed by atoms with van der Waals surface area (Å²) >= 11 is 0. The van der Waals surface area contributed by atoms with Gasteiger partial charge in [0.2, 0.25) is 5.91 Å². The zero-order valence-electron chi connectivity index (χ0n) is 11.9. The number of carbonyl (C=O) groups excluding carboxylic acids is 2. The van der Waals surface area contributed by atoms with E-state index < -0.39 is 6.03 Å². The van der Waals surface area contributed by atoms with Crippen LogP contribution in [0, 0.1) is 0 Å². The van der Waals surface area contributed by atoms with Gasteiger partial charge in [-0.05, 0) is 53.9 Å². The standard InChI is InChI=1S/C12H26N4O2/c1-5-13-12(18)15-11(17)10(2)14-8-6-7-9-16(3)4/h10,14H,5-9H2,1-4H3,(H2,13,15,17,18). The predicted octanol–water partition coefficient (Wildman–Crippen LogP) is 0.152. The molecule has 1 atom stereocenters. The van der Waals surface area contributed by atoms with Crippen molar-refractivity contribution in [1.29, 1.82) is 0 Å². The van der Waals surface area contributed by atoms with Gasteiger partial charge in [-0.3, -0.25) is 10.1 Å². The molecule has 0 fully saturated rings. The number of nitrogens with zero attached hydrogens (tertiary/aromatic N) is 1. The molecule has 1 unspecified atom stereocenters. The minimum absolute atomic E-state index is 0.298. The Morgan fingerprint density at radius 2 is 1.89 bits per heavy atom. The van der Waals surface area contributed by atoms with Crippen LogP contribution in [0.3, 0.4) is 0 Å². The fourth-order valence-corrected chi connectivity index (χ4v) is 1.39. The van der Waals surface area contributed by atoms with Gasteiger partial charge in [-0.1, -0.05) is 0 Å². The van der Waals surface area contributed by atoms with Gasteiger partial charge < -0.3 is 15.5 Å². The fourth-order valence-electron chi connectivity index (χ4n) is 1.39. The molecule has 0 rings (SSSR count). The number of hydrogen-bond acceptors (Lipinski definition) is 4. The van der Waals surface area contributed by atoms with Crippen molar-refractivity contribution in [2.24, 2.45) is 0 Å². The van der Waals surface area contributed by atoms with Crippen molar-refractivity contribution in [3.8, 4) is 0 Å². The summed E-state index contributed by atoms with van der Waals surface area (Å²) in [7, 11) is 4.08. The van der Waals surface area contributed by atoms with Crippen molar-refractivity contribution in [2.75, 3.05) is 33.7 Å². The smallest absolute Gasteiger partial charge is 0.321 e. The van der Waals surface area contributed by atoms with Gasteiger partial charge in [0.15, 0.2) is 0 Å². The van der Waals surface area contributed by atoms with E-state index in [0.29, 0.717) is 6.54 Å². The van der Waals surface area contributed by atoms with Crippen LogP contribution in [0.5, 0.6) is 0 Å². The lowest BCUT2D eigenvalue weighted by Crippen LogP contribution is -2.48. The Morgan fingerprint density at radius 1 is 1.22 bits per heavy atom. The average molecular weight is 258 g/mol. The number of unbranched alkanes of at least 4 members (excludes halogenated alkanes) is 1. The first-order chi connectivity index (χ1) is 8.47. The Balaban J connectivity index is 3.65. The number of imide groups is 1. The second-order valence-electron chi connectivity index (χ2n) is 4.53. The lowest BCUT2D eigenvalue weighted by molar-refractivity contribution is -0.121. The van der Waals surface area contributed by atoms with E-state index in [2.05, 4.69) is 20.9 Å². The van der Waals surface area contributed by atoms with Gasteiger partial charge in [0, 0.05) is 6.54 Å². The van der Waals surface area contributed by atoms with Gasteiger partial charge in [0.05, 0.1) is 6.04 Å². The summed E-state index contributed by atoms with van der Waals surface area (Å²) in [6.07, 6.45) is 2.10. The van der Waals surface area contributed by atoms with Crippen LogP contribution in [0.25, 0.3) is 0 Å². The third kappa shape index (κ3) is 8.95. The maximum Gasteiger partial charge on any atom is 0.321 e. The van der Waals surface area contributed by atoms with E-state index in [1.807, 2.05) is 14.1 Å². The quantitative estimate of drug-likeness (QED) is 0.542. The summed E-state index contributed by atoms with van der Waals surface area (Å²) in [6, 6.07) is -0.796. The van der Waals surface area contributed by atoms with E-state index in [4.69, 9.17) is 0 Å². The first-order valence-electron chi connectivity index (χ1n) is 6.44. The molecule has 0 saturated heterocycles. The first kappa shape index (κ1) is 16.9. The Labute approximate surface area is 109 Å². The van der Waals surface area contributed by atoms with Gasteiger partial charge in [0.25, 0.3) is 0 Å². The monoisotopic (exact) mass is 258 g/mol. The highest BCUT2D eigenvalue weighted by Crippen LogP contribution is 1.90. The van der Waals surface area contributed by atoms with E-state index in [0.717, 1.165) is 25.9 Å². The molecule has 0 heterocycles. The number of rotatable bonds is 8. The van der Waals surface area contributed by atoms with Crippen molar-refractivity contribution in [2.45, 2.75) is 32.7 Å². The van der Waals surface area contributed by atoms with Crippen LogP contribution in [0.2, 0.25) is 0 Å². The maximum absolute atomic E-state index is 11.6. The van der Waals surface area contributed by atoms with E-state index in [1.54, 1.807) is 13.8 Å². The van der Waals surface area contributed by atoms with Crippen molar-refractivity contribution >= 4 is 11.9 Å². The molecule has 3 amide bonds. The highest BCUT2D eigenvalue weighted by Gasteiger charge is 2.14. The number of urea groups is 1. The molecular weight excluding hydrogens is 232 g/mol. The molecule has 6 nitrogen and oxygen atoms in total. The zero-order valence-corrected chi connectivity index (χ0v) is 11.9. The summed E-state index contributed by atoms with van der Waals surface area (Å²) in [6.45, 7) is 5.88. The van der Waals surface area contributed by atoms with Crippen molar-refractivity contribution in [3.05, 3.63) is 0 Å². The van der Waals surface area contributed by atoms with Crippen molar-refractivity contribution < 1.29 is 9.59 Å². The van der Waals surface area contributed by atoms with Crippen LogP contribution in [0.4, 0.5) is 4.79 Å². The van der Waals surface area contributed by atoms with Crippen molar-refractivity contribution in [1.82, 2.24) is 20.9 Å². The number of carbonyl (C=O) groups is 2. The summed E-state index contributed by atoms with van der Waals surface area (Å²) in [5.41, 5.74) is 0. The minimum atomic E-state index is -0.441. The molecule has 106 valence electrons. The second-order valence-corrected chi connectivity index (χ2v) is 4.53. The average Bonchev–Trinajstić information content (AvgIpc) is 2.28. The van der Waals surface area contributed by atoms with Crippen molar-refractivity contribution in [3.63, 3.8) is 0 Å². The molecule has 0 aliphatic heterocycles. The largest absolute Gasteiger partial charge is 0.338 e. The molecule has 18 heavy (non-hydrogen) atoms. The summed E-state index contributed by atoms with van der Waals surface area (Å²) < 4.78 is 0. The fraction of sp³-hybridized carbons (Fsp3) is 0.833. The molecule has 0 aromatic rings. The number of amides is 3. The molecule has 0 radical (unpaired) electrons. The number of nitrogens with one attached hydrogen (secondary N) is 3. The molecule has 0 aromatic carbocycles. The van der Waals surface area contributed by atoms with Gasteiger partial charge in [0.1, 0.15) is 0 Å². The van der Waals surface area contributed by atoms with E-state index in [1.165, 1.54) is 0 Å². The van der Waals surface area contributed by atoms with Gasteiger partial charge in [-0.2, -0.15) is 0 Å². The zero-order chi connectivity index (χ0) is 14.0. The molecular formula is C12H26N4O2. The van der Waals surface area contributed by atoms with E-state index in [-0.39, 0.29) is 11.9 Å². The first-order valence-corrected chi connectivity index (χ1v) is 6.44. The Bertz CT molecular complexity index is 256. The summed E-state index contributed by atoms with van der Waals surface area (Å²) in [4.78, 5) is 24.8. The molecule has 0 bridgehead atoms. The molecule has 0 saturated carbocycles.